The lowest BCUT2D eigenvalue weighted by molar-refractivity contribution is -0.141. The minimum atomic E-state index is -0.952. The number of piperidine rings is 1. The quantitative estimate of drug-likeness (QED) is 0.508. The Morgan fingerprint density at radius 3 is 2.87 bits per heavy atom. The first-order valence-electron chi connectivity index (χ1n) is 9.72. The van der Waals surface area contributed by atoms with E-state index in [9.17, 15) is 14.7 Å². The number of thiophene rings is 1. The smallest absolute Gasteiger partial charge is 0.321 e. The van der Waals surface area contributed by atoms with Crippen LogP contribution in [0.2, 0.25) is 4.34 Å². The number of carboxylic acids is 1. The second-order valence-electron chi connectivity index (χ2n) is 7.49. The third-order valence-corrected chi connectivity index (χ3v) is 7.74. The minimum Gasteiger partial charge on any atom is -0.480 e. The Hall–Kier alpha value is -2.14. The van der Waals surface area contributed by atoms with Crippen molar-refractivity contribution in [2.45, 2.75) is 43.1 Å². The van der Waals surface area contributed by atoms with E-state index in [4.69, 9.17) is 16.0 Å². The topological polar surface area (TPSA) is 110 Å². The molecule has 0 amide bonds. The largest absolute Gasteiger partial charge is 0.480 e. The Bertz CT molecular complexity index is 1110. The molecule has 4 rings (SSSR count). The number of hydrogen-bond donors (Lipinski definition) is 2. The lowest BCUT2D eigenvalue weighted by atomic mass is 9.81. The van der Waals surface area contributed by atoms with Gasteiger partial charge < -0.3 is 14.8 Å². The summed E-state index contributed by atoms with van der Waals surface area (Å²) in [5.41, 5.74) is 1.08. The van der Waals surface area contributed by atoms with Crippen molar-refractivity contribution >= 4 is 46.6 Å². The van der Waals surface area contributed by atoms with Gasteiger partial charge in [0, 0.05) is 22.1 Å². The monoisotopic (exact) mass is 480 g/mol. The molecule has 0 radical (unpaired) electrons. The summed E-state index contributed by atoms with van der Waals surface area (Å²) >= 11 is 8.85. The van der Waals surface area contributed by atoms with Crippen LogP contribution in [0.15, 0.2) is 34.2 Å². The molecule has 0 aromatic carbocycles. The molecule has 1 saturated heterocycles. The molecule has 0 aliphatic carbocycles. The fourth-order valence-corrected chi connectivity index (χ4v) is 5.75. The van der Waals surface area contributed by atoms with Gasteiger partial charge in [-0.2, -0.15) is 4.68 Å². The van der Waals surface area contributed by atoms with E-state index in [2.05, 4.69) is 15.4 Å². The van der Waals surface area contributed by atoms with Gasteiger partial charge in [-0.1, -0.05) is 30.3 Å². The Morgan fingerprint density at radius 1 is 1.42 bits per heavy atom. The predicted molar refractivity (Wildman–Crippen MR) is 118 cm³/mol. The lowest BCUT2D eigenvalue weighted by Gasteiger charge is -2.33. The highest BCUT2D eigenvalue weighted by molar-refractivity contribution is 7.98. The normalized spacial score (nSPS) is 21.3. The van der Waals surface area contributed by atoms with Crippen molar-refractivity contribution in [2.75, 3.05) is 6.54 Å². The maximum absolute atomic E-state index is 13.2. The summed E-state index contributed by atoms with van der Waals surface area (Å²) in [6.45, 7) is 4.39. The number of carboxylic acid groups (broad SMARTS) is 1. The van der Waals surface area contributed by atoms with Crippen molar-refractivity contribution in [1.82, 2.24) is 20.1 Å². The van der Waals surface area contributed by atoms with Crippen molar-refractivity contribution in [3.8, 4) is 0 Å². The van der Waals surface area contributed by atoms with Gasteiger partial charge in [0.1, 0.15) is 12.3 Å². The Morgan fingerprint density at radius 2 is 2.23 bits per heavy atom. The number of carbonyl (C=O) groups is 2. The first kappa shape index (κ1) is 22.1. The van der Waals surface area contributed by atoms with E-state index in [0.29, 0.717) is 38.7 Å². The van der Waals surface area contributed by atoms with Crippen molar-refractivity contribution < 1.29 is 19.1 Å². The molecule has 11 heteroatoms. The molecule has 0 saturated carbocycles. The highest BCUT2D eigenvalue weighted by Gasteiger charge is 2.40. The molecule has 3 unspecified atom stereocenters. The van der Waals surface area contributed by atoms with Crippen LogP contribution in [0.3, 0.4) is 0 Å². The first-order valence-corrected chi connectivity index (χ1v) is 11.9. The Labute approximate surface area is 192 Å². The molecule has 2 N–H and O–H groups in total. The molecule has 4 heterocycles. The number of nitrogens with one attached hydrogen (secondary N) is 1. The van der Waals surface area contributed by atoms with E-state index in [0.717, 1.165) is 11.3 Å². The third-order valence-electron chi connectivity index (χ3n) is 5.34. The van der Waals surface area contributed by atoms with Crippen LogP contribution in [0.1, 0.15) is 45.9 Å². The summed E-state index contributed by atoms with van der Waals surface area (Å²) < 4.78 is 7.11. The third kappa shape index (κ3) is 4.57. The Balaban J connectivity index is 1.71. The van der Waals surface area contributed by atoms with Crippen LogP contribution in [0, 0.1) is 12.8 Å². The molecule has 1 fully saturated rings. The molecule has 3 aromatic rings. The molecule has 1 aliphatic heterocycles. The number of nitrogens with zero attached hydrogens (tertiary/aromatic N) is 3. The number of hydrogen-bond acceptors (Lipinski definition) is 8. The van der Waals surface area contributed by atoms with Crippen LogP contribution in [-0.4, -0.2) is 44.3 Å². The summed E-state index contributed by atoms with van der Waals surface area (Å²) in [5, 5.41) is 17.6. The van der Waals surface area contributed by atoms with E-state index in [1.54, 1.807) is 6.92 Å². The highest BCUT2D eigenvalue weighted by atomic mass is 35.5. The van der Waals surface area contributed by atoms with Gasteiger partial charge in [0.15, 0.2) is 11.0 Å². The average molecular weight is 481 g/mol. The SMILES string of the molecule is Cc1cocc1C(=O)n1nc(C2C(C)CCNC2C(=O)O)nc1SCc1ccc(Cl)s1. The van der Waals surface area contributed by atoms with Crippen LogP contribution in [0.4, 0.5) is 0 Å². The van der Waals surface area contributed by atoms with Crippen molar-refractivity contribution in [3.05, 3.63) is 50.8 Å². The molecule has 3 aromatic heterocycles. The van der Waals surface area contributed by atoms with Gasteiger partial charge in [-0.25, -0.2) is 4.98 Å². The number of aromatic nitrogens is 3. The number of furan rings is 1. The zero-order valence-electron chi connectivity index (χ0n) is 16.9. The zero-order valence-corrected chi connectivity index (χ0v) is 19.3. The average Bonchev–Trinajstić information content (AvgIpc) is 3.45. The van der Waals surface area contributed by atoms with E-state index >= 15 is 0 Å². The molecule has 0 bridgehead atoms. The van der Waals surface area contributed by atoms with Crippen molar-refractivity contribution in [1.29, 1.82) is 0 Å². The first-order chi connectivity index (χ1) is 14.8. The fourth-order valence-electron chi connectivity index (χ4n) is 3.68. The second kappa shape index (κ2) is 9.15. The molecular formula is C20H21ClN4O4S2. The zero-order chi connectivity index (χ0) is 22.1. The van der Waals surface area contributed by atoms with Crippen LogP contribution in [-0.2, 0) is 10.5 Å². The van der Waals surface area contributed by atoms with Crippen LogP contribution >= 0.6 is 34.7 Å². The maximum atomic E-state index is 13.2. The van der Waals surface area contributed by atoms with E-state index in [1.807, 2.05) is 19.1 Å². The number of rotatable bonds is 6. The fraction of sp³-hybridized carbons (Fsp3) is 0.400. The molecule has 3 atom stereocenters. The number of thioether (sulfide) groups is 1. The maximum Gasteiger partial charge on any atom is 0.321 e. The van der Waals surface area contributed by atoms with Gasteiger partial charge in [-0.3, -0.25) is 9.59 Å². The molecule has 164 valence electrons. The predicted octanol–water partition coefficient (Wildman–Crippen LogP) is 4.04. The Kier molecular flexibility index (Phi) is 6.52. The van der Waals surface area contributed by atoms with Crippen LogP contribution in [0.25, 0.3) is 0 Å². The molecule has 1 aliphatic rings. The molecule has 8 nitrogen and oxygen atoms in total. The van der Waals surface area contributed by atoms with E-state index in [1.165, 1.54) is 40.3 Å². The van der Waals surface area contributed by atoms with Gasteiger partial charge in [-0.05, 0) is 37.9 Å². The number of halogens is 1. The number of aliphatic carboxylic acids is 1. The van der Waals surface area contributed by atoms with E-state index in [-0.39, 0.29) is 11.8 Å². The number of carbonyl (C=O) groups excluding carboxylic acids is 1. The lowest BCUT2D eigenvalue weighted by Crippen LogP contribution is -2.49. The summed E-state index contributed by atoms with van der Waals surface area (Å²) in [4.78, 5) is 30.7. The summed E-state index contributed by atoms with van der Waals surface area (Å²) in [6.07, 6.45) is 3.68. The van der Waals surface area contributed by atoms with Crippen molar-refractivity contribution in [3.63, 3.8) is 0 Å². The summed E-state index contributed by atoms with van der Waals surface area (Å²) in [6, 6.07) is 2.95. The van der Waals surface area contributed by atoms with Gasteiger partial charge in [0.2, 0.25) is 0 Å². The van der Waals surface area contributed by atoms with Gasteiger partial charge in [0.05, 0.1) is 16.2 Å². The molecule has 0 spiro atoms. The standard InChI is InChI=1S/C20H21ClN4O4S2/c1-10-5-6-22-16(19(27)28)15(10)17-23-20(30-9-12-3-4-14(21)31-12)25(24-17)18(26)13-8-29-7-11(13)2/h3-4,7-8,10,15-16,22H,5-6,9H2,1-2H3,(H,27,28). The second-order valence-corrected chi connectivity index (χ2v) is 10.2. The van der Waals surface area contributed by atoms with Crippen LogP contribution in [0.5, 0.6) is 0 Å². The van der Waals surface area contributed by atoms with Gasteiger partial charge in [-0.15, -0.1) is 16.4 Å². The number of aryl methyl sites for hydroxylation is 1. The summed E-state index contributed by atoms with van der Waals surface area (Å²) in [7, 11) is 0. The van der Waals surface area contributed by atoms with Gasteiger partial charge in [0.25, 0.3) is 5.91 Å². The minimum absolute atomic E-state index is 0.0536. The van der Waals surface area contributed by atoms with Gasteiger partial charge >= 0.3 is 5.97 Å². The van der Waals surface area contributed by atoms with Crippen molar-refractivity contribution in [2.24, 2.45) is 5.92 Å². The molecular weight excluding hydrogens is 460 g/mol. The highest BCUT2D eigenvalue weighted by Crippen LogP contribution is 2.34. The summed E-state index contributed by atoms with van der Waals surface area (Å²) in [5.74, 6) is -0.784. The molecule has 31 heavy (non-hydrogen) atoms. The van der Waals surface area contributed by atoms with E-state index < -0.39 is 17.9 Å². The van der Waals surface area contributed by atoms with Crippen LogP contribution < -0.4 is 5.32 Å².